The average Bonchev–Trinajstić information content (AvgIpc) is 3.15. The molecular weight excluding hydrogens is 404 g/mol. The molecule has 1 fully saturated rings. The Kier molecular flexibility index (Phi) is 4.89. The largest absolute Gasteiger partial charge is 0.459 e. The molecule has 1 aliphatic carbocycles. The summed E-state index contributed by atoms with van der Waals surface area (Å²) < 4.78 is 8.04. The Morgan fingerprint density at radius 1 is 1.31 bits per heavy atom. The lowest BCUT2D eigenvalue weighted by molar-refractivity contribution is -0.119. The molecule has 1 N–H and O–H groups in total. The van der Waals surface area contributed by atoms with Crippen LogP contribution in [0.5, 0.6) is 0 Å². The van der Waals surface area contributed by atoms with Gasteiger partial charge in [0.1, 0.15) is 11.3 Å². The predicted octanol–water partition coefficient (Wildman–Crippen LogP) is 5.06. The Labute approximate surface area is 176 Å². The summed E-state index contributed by atoms with van der Waals surface area (Å²) in [7, 11) is 0. The topological polar surface area (TPSA) is 73.0 Å². The number of nitrogens with zero attached hydrogens (tertiary/aromatic N) is 3. The molecule has 1 aliphatic rings. The number of nitrogens with one attached hydrogen (secondary N) is 1. The van der Waals surface area contributed by atoms with E-state index in [0.717, 1.165) is 45.4 Å². The minimum Gasteiger partial charge on any atom is -0.459 e. The van der Waals surface area contributed by atoms with E-state index in [-0.39, 0.29) is 11.9 Å². The first-order valence-electron chi connectivity index (χ1n) is 9.58. The van der Waals surface area contributed by atoms with Crippen molar-refractivity contribution in [1.82, 2.24) is 20.1 Å². The third-order valence-corrected chi connectivity index (χ3v) is 6.71. The highest BCUT2D eigenvalue weighted by molar-refractivity contribution is 7.99. The third-order valence-electron chi connectivity index (χ3n) is 4.90. The maximum Gasteiger partial charge on any atom is 0.231 e. The average molecular weight is 425 g/mol. The number of para-hydroxylation sites is 1. The van der Waals surface area contributed by atoms with Crippen molar-refractivity contribution >= 4 is 40.0 Å². The molecule has 0 radical (unpaired) electrons. The molecule has 1 saturated carbocycles. The van der Waals surface area contributed by atoms with Crippen molar-refractivity contribution in [3.63, 3.8) is 0 Å². The number of amides is 1. The fraction of sp³-hybridized carbons (Fsp3) is 0.286. The summed E-state index contributed by atoms with van der Waals surface area (Å²) in [6.07, 6.45) is 2.28. The molecule has 0 unspecified atom stereocenters. The highest BCUT2D eigenvalue weighted by Gasteiger charge is 2.30. The molecule has 1 aromatic carbocycles. The van der Waals surface area contributed by atoms with Gasteiger partial charge in [-0.3, -0.25) is 9.36 Å². The highest BCUT2D eigenvalue weighted by atomic mass is 32.2. The van der Waals surface area contributed by atoms with E-state index in [0.29, 0.717) is 11.8 Å². The number of fused-ring (bicyclic) bond motifs is 1. The van der Waals surface area contributed by atoms with E-state index in [1.165, 1.54) is 11.8 Å². The second kappa shape index (κ2) is 7.68. The van der Waals surface area contributed by atoms with Gasteiger partial charge in [-0.15, -0.1) is 21.5 Å². The van der Waals surface area contributed by atoms with Crippen molar-refractivity contribution in [3.05, 3.63) is 53.6 Å². The van der Waals surface area contributed by atoms with E-state index in [2.05, 4.69) is 26.1 Å². The number of carbonyl (C=O) groups excluding carboxylic acids is 1. The SMILES string of the molecule is C[C@H](NC(=O)CSc1nnc(-c2cccs2)n1C1CC1)c1cc2ccccc2o1. The molecule has 1 atom stereocenters. The number of furan rings is 1. The summed E-state index contributed by atoms with van der Waals surface area (Å²) in [6, 6.07) is 14.2. The minimum absolute atomic E-state index is 0.0500. The van der Waals surface area contributed by atoms with Crippen molar-refractivity contribution in [2.45, 2.75) is 37.0 Å². The molecule has 8 heteroatoms. The predicted molar refractivity (Wildman–Crippen MR) is 115 cm³/mol. The van der Waals surface area contributed by atoms with Crippen LogP contribution in [0.15, 0.2) is 57.4 Å². The standard InChI is InChI=1S/C21H20N4O2S2/c1-13(17-11-14-5-2-3-6-16(14)27-17)22-19(26)12-29-21-24-23-20(18-7-4-10-28-18)25(21)15-8-9-15/h2-7,10-11,13,15H,8-9,12H2,1H3,(H,22,26)/t13-/m0/s1. The third kappa shape index (κ3) is 3.82. The molecule has 4 aromatic rings. The van der Waals surface area contributed by atoms with Gasteiger partial charge in [0.25, 0.3) is 0 Å². The monoisotopic (exact) mass is 424 g/mol. The Morgan fingerprint density at radius 2 is 2.17 bits per heavy atom. The zero-order chi connectivity index (χ0) is 19.8. The van der Waals surface area contributed by atoms with Gasteiger partial charge in [0.05, 0.1) is 16.7 Å². The maximum atomic E-state index is 12.5. The molecule has 0 saturated heterocycles. The van der Waals surface area contributed by atoms with Crippen LogP contribution in [0.4, 0.5) is 0 Å². The Hall–Kier alpha value is -2.58. The molecule has 1 amide bonds. The summed E-state index contributed by atoms with van der Waals surface area (Å²) in [5.74, 6) is 1.90. The molecule has 29 heavy (non-hydrogen) atoms. The summed E-state index contributed by atoms with van der Waals surface area (Å²) >= 11 is 3.09. The van der Waals surface area contributed by atoms with Gasteiger partial charge < -0.3 is 9.73 Å². The Balaban J connectivity index is 1.25. The number of thioether (sulfide) groups is 1. The molecule has 0 spiro atoms. The Morgan fingerprint density at radius 3 is 2.93 bits per heavy atom. The van der Waals surface area contributed by atoms with Crippen LogP contribution in [-0.4, -0.2) is 26.4 Å². The van der Waals surface area contributed by atoms with Crippen molar-refractivity contribution < 1.29 is 9.21 Å². The van der Waals surface area contributed by atoms with E-state index in [9.17, 15) is 4.79 Å². The van der Waals surface area contributed by atoms with Crippen LogP contribution in [0.2, 0.25) is 0 Å². The quantitative estimate of drug-likeness (QED) is 0.420. The van der Waals surface area contributed by atoms with Crippen LogP contribution in [0, 0.1) is 0 Å². The van der Waals surface area contributed by atoms with Gasteiger partial charge in [0.15, 0.2) is 11.0 Å². The van der Waals surface area contributed by atoms with Crippen LogP contribution >= 0.6 is 23.1 Å². The second-order valence-electron chi connectivity index (χ2n) is 7.15. The first-order valence-corrected chi connectivity index (χ1v) is 11.4. The van der Waals surface area contributed by atoms with E-state index in [4.69, 9.17) is 4.42 Å². The lowest BCUT2D eigenvalue weighted by Gasteiger charge is -2.11. The summed E-state index contributed by atoms with van der Waals surface area (Å²) in [5, 5.41) is 15.6. The smallest absolute Gasteiger partial charge is 0.231 e. The van der Waals surface area contributed by atoms with Crippen molar-refractivity contribution in [3.8, 4) is 10.7 Å². The number of aromatic nitrogens is 3. The van der Waals surface area contributed by atoms with Crippen molar-refractivity contribution in [2.24, 2.45) is 0 Å². The first kappa shape index (κ1) is 18.4. The van der Waals surface area contributed by atoms with Gasteiger partial charge in [-0.05, 0) is 43.3 Å². The maximum absolute atomic E-state index is 12.5. The molecule has 3 heterocycles. The molecule has 0 aliphatic heterocycles. The Bertz CT molecular complexity index is 1110. The molecule has 5 rings (SSSR count). The van der Waals surface area contributed by atoms with E-state index >= 15 is 0 Å². The second-order valence-corrected chi connectivity index (χ2v) is 9.04. The number of benzene rings is 1. The summed E-state index contributed by atoms with van der Waals surface area (Å²) in [5.41, 5.74) is 0.830. The van der Waals surface area contributed by atoms with Crippen LogP contribution in [0.1, 0.15) is 37.6 Å². The van der Waals surface area contributed by atoms with Gasteiger partial charge in [0.2, 0.25) is 5.91 Å². The molecule has 6 nitrogen and oxygen atoms in total. The number of hydrogen-bond acceptors (Lipinski definition) is 6. The van der Waals surface area contributed by atoms with Crippen LogP contribution < -0.4 is 5.32 Å². The summed E-state index contributed by atoms with van der Waals surface area (Å²) in [6.45, 7) is 1.93. The van der Waals surface area contributed by atoms with Gasteiger partial charge >= 0.3 is 0 Å². The number of hydrogen-bond donors (Lipinski definition) is 1. The van der Waals surface area contributed by atoms with Gasteiger partial charge in [-0.25, -0.2) is 0 Å². The molecule has 0 bridgehead atoms. The zero-order valence-corrected chi connectivity index (χ0v) is 17.5. The van der Waals surface area contributed by atoms with E-state index < -0.39 is 0 Å². The van der Waals surface area contributed by atoms with E-state index in [1.54, 1.807) is 11.3 Å². The zero-order valence-electron chi connectivity index (χ0n) is 15.9. The van der Waals surface area contributed by atoms with Gasteiger partial charge in [-0.2, -0.15) is 0 Å². The van der Waals surface area contributed by atoms with E-state index in [1.807, 2.05) is 48.7 Å². The lowest BCUT2D eigenvalue weighted by Crippen LogP contribution is -2.28. The number of thiophene rings is 1. The first-order chi connectivity index (χ1) is 14.2. The normalized spacial score (nSPS) is 14.9. The van der Waals surface area contributed by atoms with Gasteiger partial charge in [0, 0.05) is 11.4 Å². The molecule has 3 aromatic heterocycles. The number of carbonyl (C=O) groups is 1. The highest BCUT2D eigenvalue weighted by Crippen LogP contribution is 2.41. The van der Waals surface area contributed by atoms with Crippen LogP contribution in [0.3, 0.4) is 0 Å². The fourth-order valence-electron chi connectivity index (χ4n) is 3.31. The fourth-order valence-corrected chi connectivity index (χ4v) is 4.83. The summed E-state index contributed by atoms with van der Waals surface area (Å²) in [4.78, 5) is 13.6. The van der Waals surface area contributed by atoms with Gasteiger partial charge in [-0.1, -0.05) is 36.0 Å². The minimum atomic E-state index is -0.196. The van der Waals surface area contributed by atoms with Crippen LogP contribution in [0.25, 0.3) is 21.7 Å². The molecule has 148 valence electrons. The lowest BCUT2D eigenvalue weighted by atomic mass is 10.2. The van der Waals surface area contributed by atoms with Crippen LogP contribution in [-0.2, 0) is 4.79 Å². The van der Waals surface area contributed by atoms with Crippen molar-refractivity contribution in [2.75, 3.05) is 5.75 Å². The number of rotatable bonds is 7. The van der Waals surface area contributed by atoms with Crippen molar-refractivity contribution in [1.29, 1.82) is 0 Å². The molecular formula is C21H20N4O2S2.